The molecule has 0 saturated carbocycles. The Balaban J connectivity index is 1.55. The Labute approximate surface area is 192 Å². The Morgan fingerprint density at radius 1 is 1.16 bits per heavy atom. The molecule has 0 aliphatic carbocycles. The normalized spacial score (nSPS) is 16.8. The summed E-state index contributed by atoms with van der Waals surface area (Å²) in [5.74, 6) is 0.375. The van der Waals surface area contributed by atoms with E-state index in [4.69, 9.17) is 0 Å². The Kier molecular flexibility index (Phi) is 6.65. The second-order valence-corrected chi connectivity index (χ2v) is 9.11. The maximum Gasteiger partial charge on any atom is 0.257 e. The van der Waals surface area contributed by atoms with Gasteiger partial charge < -0.3 is 9.80 Å². The van der Waals surface area contributed by atoms with Gasteiger partial charge in [0.05, 0.1) is 17.2 Å². The fraction of sp³-hybridized carbons (Fsp3) is 0.360. The first-order valence-electron chi connectivity index (χ1n) is 11.0. The average molecular weight is 449 g/mol. The summed E-state index contributed by atoms with van der Waals surface area (Å²) in [5.41, 5.74) is 3.46. The lowest BCUT2D eigenvalue weighted by atomic mass is 9.96. The number of benzene rings is 1. The first-order chi connectivity index (χ1) is 15.5. The third kappa shape index (κ3) is 4.72. The second kappa shape index (κ2) is 9.61. The van der Waals surface area contributed by atoms with Crippen LogP contribution in [-0.2, 0) is 11.2 Å². The number of amides is 2. The van der Waals surface area contributed by atoms with Gasteiger partial charge in [-0.25, -0.2) is 9.97 Å². The molecule has 1 saturated heterocycles. The van der Waals surface area contributed by atoms with Gasteiger partial charge in [-0.2, -0.15) is 0 Å². The largest absolute Gasteiger partial charge is 0.341 e. The molecular weight excluding hydrogens is 420 g/mol. The molecule has 0 bridgehead atoms. The highest BCUT2D eigenvalue weighted by Crippen LogP contribution is 2.26. The van der Waals surface area contributed by atoms with Gasteiger partial charge in [-0.1, -0.05) is 30.3 Å². The van der Waals surface area contributed by atoms with Crippen molar-refractivity contribution in [2.45, 2.75) is 27.2 Å². The molecular formula is C25H28N4O2S. The molecule has 0 radical (unpaired) electrons. The van der Waals surface area contributed by atoms with Crippen molar-refractivity contribution in [1.29, 1.82) is 0 Å². The lowest BCUT2D eigenvalue weighted by Crippen LogP contribution is -2.38. The van der Waals surface area contributed by atoms with Crippen molar-refractivity contribution in [3.05, 3.63) is 70.6 Å². The molecule has 1 aliphatic rings. The van der Waals surface area contributed by atoms with Crippen LogP contribution >= 0.6 is 11.3 Å². The van der Waals surface area contributed by atoms with Gasteiger partial charge in [0, 0.05) is 37.3 Å². The summed E-state index contributed by atoms with van der Waals surface area (Å²) in [5, 5.41) is 2.07. The van der Waals surface area contributed by atoms with Crippen LogP contribution in [0.4, 0.5) is 0 Å². The number of rotatable bonds is 5. The van der Waals surface area contributed by atoms with Gasteiger partial charge in [0.15, 0.2) is 0 Å². The third-order valence-corrected chi connectivity index (χ3v) is 6.90. The van der Waals surface area contributed by atoms with E-state index in [9.17, 15) is 9.59 Å². The summed E-state index contributed by atoms with van der Waals surface area (Å²) in [7, 11) is 0. The van der Waals surface area contributed by atoms with Crippen LogP contribution in [0.3, 0.4) is 0 Å². The standard InChI is InChI=1S/C25H28N4O2S/c1-4-28-11-12-29(25(31)22-15-26-18(3)27-17(22)2)16-21(24(28)30)14-19-7-9-20(10-8-19)23-6-5-13-32-23/h5-10,13,15,21H,4,11-12,14,16H2,1-3H3. The van der Waals surface area contributed by atoms with E-state index in [0.717, 1.165) is 5.56 Å². The van der Waals surface area contributed by atoms with Crippen LogP contribution in [0.2, 0.25) is 0 Å². The van der Waals surface area contributed by atoms with Crippen LogP contribution in [0.5, 0.6) is 0 Å². The molecule has 0 N–H and O–H groups in total. The Bertz CT molecular complexity index is 1100. The highest BCUT2D eigenvalue weighted by Gasteiger charge is 2.32. The summed E-state index contributed by atoms with van der Waals surface area (Å²) >= 11 is 1.71. The monoisotopic (exact) mass is 448 g/mol. The minimum absolute atomic E-state index is 0.105. The number of hydrogen-bond donors (Lipinski definition) is 0. The van der Waals surface area contributed by atoms with Gasteiger partial charge in [0.2, 0.25) is 5.91 Å². The summed E-state index contributed by atoms with van der Waals surface area (Å²) < 4.78 is 0. The number of likely N-dealkylation sites (N-methyl/N-ethyl adjacent to an activating group) is 1. The van der Waals surface area contributed by atoms with E-state index in [1.807, 2.05) is 31.7 Å². The molecule has 1 unspecified atom stereocenters. The fourth-order valence-electron chi connectivity index (χ4n) is 4.19. The van der Waals surface area contributed by atoms with Gasteiger partial charge in [0.25, 0.3) is 5.91 Å². The van der Waals surface area contributed by atoms with Crippen LogP contribution in [0, 0.1) is 19.8 Å². The summed E-state index contributed by atoms with van der Waals surface area (Å²) in [6, 6.07) is 12.5. The van der Waals surface area contributed by atoms with Crippen LogP contribution in [-0.4, -0.2) is 57.8 Å². The number of hydrogen-bond acceptors (Lipinski definition) is 5. The minimum Gasteiger partial charge on any atom is -0.341 e. The number of nitrogens with zero attached hydrogens (tertiary/aromatic N) is 4. The molecule has 1 fully saturated rings. The van der Waals surface area contributed by atoms with Crippen molar-refractivity contribution >= 4 is 23.2 Å². The molecule has 3 heterocycles. The number of thiophene rings is 1. The quantitative estimate of drug-likeness (QED) is 0.592. The topological polar surface area (TPSA) is 66.4 Å². The molecule has 0 spiro atoms. The predicted octanol–water partition coefficient (Wildman–Crippen LogP) is 3.99. The van der Waals surface area contributed by atoms with Crippen molar-refractivity contribution in [3.63, 3.8) is 0 Å². The second-order valence-electron chi connectivity index (χ2n) is 8.16. The van der Waals surface area contributed by atoms with E-state index in [-0.39, 0.29) is 17.7 Å². The molecule has 32 heavy (non-hydrogen) atoms. The molecule has 2 aromatic heterocycles. The van der Waals surface area contributed by atoms with Crippen LogP contribution < -0.4 is 0 Å². The Hall–Kier alpha value is -3.06. The lowest BCUT2D eigenvalue weighted by molar-refractivity contribution is -0.134. The molecule has 3 aromatic rings. The molecule has 7 heteroatoms. The van der Waals surface area contributed by atoms with Gasteiger partial charge in [0.1, 0.15) is 5.82 Å². The molecule has 1 atom stereocenters. The summed E-state index contributed by atoms with van der Waals surface area (Å²) in [6.07, 6.45) is 2.20. The van der Waals surface area contributed by atoms with Crippen LogP contribution in [0.1, 0.15) is 34.4 Å². The first kappa shape index (κ1) is 22.1. The van der Waals surface area contributed by atoms with Crippen molar-refractivity contribution in [1.82, 2.24) is 19.8 Å². The number of carbonyl (C=O) groups excluding carboxylic acids is 2. The van der Waals surface area contributed by atoms with Gasteiger partial charge in [-0.05, 0) is 49.8 Å². The Morgan fingerprint density at radius 2 is 1.94 bits per heavy atom. The van der Waals surface area contributed by atoms with E-state index < -0.39 is 0 Å². The van der Waals surface area contributed by atoms with Gasteiger partial charge >= 0.3 is 0 Å². The minimum atomic E-state index is -0.277. The molecule has 1 aromatic carbocycles. The van der Waals surface area contributed by atoms with E-state index in [1.165, 1.54) is 10.4 Å². The van der Waals surface area contributed by atoms with E-state index in [1.54, 1.807) is 22.4 Å². The van der Waals surface area contributed by atoms with Gasteiger partial charge in [-0.3, -0.25) is 9.59 Å². The molecule has 2 amide bonds. The van der Waals surface area contributed by atoms with Crippen molar-refractivity contribution in [2.75, 3.05) is 26.2 Å². The molecule has 4 rings (SSSR count). The average Bonchev–Trinajstić information content (AvgIpc) is 3.27. The maximum atomic E-state index is 13.3. The molecule has 6 nitrogen and oxygen atoms in total. The number of aryl methyl sites for hydroxylation is 2. The lowest BCUT2D eigenvalue weighted by Gasteiger charge is -2.24. The highest BCUT2D eigenvalue weighted by molar-refractivity contribution is 7.13. The highest BCUT2D eigenvalue weighted by atomic mass is 32.1. The third-order valence-electron chi connectivity index (χ3n) is 5.98. The fourth-order valence-corrected chi connectivity index (χ4v) is 4.92. The summed E-state index contributed by atoms with van der Waals surface area (Å²) in [4.78, 5) is 39.9. The summed E-state index contributed by atoms with van der Waals surface area (Å²) in [6.45, 7) is 7.72. The first-order valence-corrected chi connectivity index (χ1v) is 11.9. The smallest absolute Gasteiger partial charge is 0.257 e. The Morgan fingerprint density at radius 3 is 2.59 bits per heavy atom. The predicted molar refractivity (Wildman–Crippen MR) is 127 cm³/mol. The van der Waals surface area contributed by atoms with Crippen molar-refractivity contribution in [3.8, 4) is 10.4 Å². The zero-order valence-corrected chi connectivity index (χ0v) is 19.6. The SMILES string of the molecule is CCN1CCN(C(=O)c2cnc(C)nc2C)CC(Cc2ccc(-c3cccs3)cc2)C1=O. The van der Waals surface area contributed by atoms with Crippen LogP contribution in [0.15, 0.2) is 48.0 Å². The van der Waals surface area contributed by atoms with Crippen molar-refractivity contribution < 1.29 is 9.59 Å². The maximum absolute atomic E-state index is 13.3. The zero-order valence-electron chi connectivity index (χ0n) is 18.7. The number of carbonyl (C=O) groups is 2. The van der Waals surface area contributed by atoms with E-state index in [0.29, 0.717) is 49.7 Å². The number of aromatic nitrogens is 2. The molecule has 1 aliphatic heterocycles. The molecule has 166 valence electrons. The van der Waals surface area contributed by atoms with E-state index in [2.05, 4.69) is 45.7 Å². The van der Waals surface area contributed by atoms with Crippen LogP contribution in [0.25, 0.3) is 10.4 Å². The van der Waals surface area contributed by atoms with E-state index >= 15 is 0 Å². The zero-order chi connectivity index (χ0) is 22.7. The van der Waals surface area contributed by atoms with Crippen molar-refractivity contribution in [2.24, 2.45) is 5.92 Å². The van der Waals surface area contributed by atoms with Gasteiger partial charge in [-0.15, -0.1) is 11.3 Å².